The van der Waals surface area contributed by atoms with Gasteiger partial charge in [0.15, 0.2) is 0 Å². The van der Waals surface area contributed by atoms with E-state index in [9.17, 15) is 0 Å². The maximum Gasteiger partial charge on any atom is 0.222 e. The van der Waals surface area contributed by atoms with Crippen molar-refractivity contribution in [1.82, 2.24) is 0 Å². The molecule has 0 aliphatic heterocycles. The van der Waals surface area contributed by atoms with E-state index in [4.69, 9.17) is 10.5 Å². The molecule has 2 N–H and O–H groups in total. The van der Waals surface area contributed by atoms with Crippen LogP contribution in [0.25, 0.3) is 0 Å². The molecular weight excluding hydrogens is 224 g/mol. The van der Waals surface area contributed by atoms with Gasteiger partial charge in [0.1, 0.15) is 5.75 Å². The molecule has 1 aliphatic rings. The highest BCUT2D eigenvalue weighted by atomic mass is 16.5. The first-order valence-electron chi connectivity index (χ1n) is 6.05. The van der Waals surface area contributed by atoms with Crippen molar-refractivity contribution < 1.29 is 4.74 Å². The predicted molar refractivity (Wildman–Crippen MR) is 74.6 cm³/mol. The lowest BCUT2D eigenvalue weighted by molar-refractivity contribution is 0.413. The van der Waals surface area contributed by atoms with E-state index in [1.165, 1.54) is 0 Å². The Morgan fingerprint density at radius 3 is 2.61 bits per heavy atom. The first kappa shape index (κ1) is 12.6. The number of rotatable bonds is 4. The summed E-state index contributed by atoms with van der Waals surface area (Å²) in [6.07, 6.45) is 1.79. The molecule has 1 aromatic rings. The van der Waals surface area contributed by atoms with Crippen molar-refractivity contribution in [3.63, 3.8) is 0 Å². The Balaban J connectivity index is 2.23. The molecule has 3 heteroatoms. The van der Waals surface area contributed by atoms with Gasteiger partial charge in [0.2, 0.25) is 5.88 Å². The summed E-state index contributed by atoms with van der Waals surface area (Å²) in [6, 6.07) is 9.58. The van der Waals surface area contributed by atoms with Gasteiger partial charge in [-0.2, -0.15) is 0 Å². The molecule has 3 nitrogen and oxygen atoms in total. The number of nitrogens with two attached hydrogens (primary N) is 1. The maximum absolute atomic E-state index is 5.76. The van der Waals surface area contributed by atoms with E-state index in [0.717, 1.165) is 29.7 Å². The minimum absolute atomic E-state index is 0.448. The van der Waals surface area contributed by atoms with Gasteiger partial charge < -0.3 is 10.5 Å². The number of ether oxygens (including phenoxy) is 1. The van der Waals surface area contributed by atoms with E-state index in [1.807, 2.05) is 30.3 Å². The van der Waals surface area contributed by atoms with Crippen LogP contribution in [0.4, 0.5) is 0 Å². The Bertz CT molecular complexity index is 477. The lowest BCUT2D eigenvalue weighted by Crippen LogP contribution is -2.10. The third-order valence-electron chi connectivity index (χ3n) is 3.15. The third-order valence-corrected chi connectivity index (χ3v) is 3.15. The van der Waals surface area contributed by atoms with Crippen LogP contribution in [0, 0.1) is 5.92 Å². The summed E-state index contributed by atoms with van der Waals surface area (Å²) in [7, 11) is 0. The van der Waals surface area contributed by atoms with Crippen LogP contribution in [-0.4, -0.2) is 13.3 Å². The topological polar surface area (TPSA) is 47.6 Å². The molecule has 1 aliphatic carbocycles. The van der Waals surface area contributed by atoms with Gasteiger partial charge in [0.05, 0.1) is 0 Å². The van der Waals surface area contributed by atoms with Crippen molar-refractivity contribution in [2.45, 2.75) is 12.8 Å². The third kappa shape index (κ3) is 2.68. The van der Waals surface area contributed by atoms with Crippen LogP contribution < -0.4 is 10.5 Å². The maximum atomic E-state index is 5.76. The van der Waals surface area contributed by atoms with Crippen LogP contribution >= 0.6 is 0 Å². The number of hydrogen-bond acceptors (Lipinski definition) is 3. The monoisotopic (exact) mass is 242 g/mol. The largest absolute Gasteiger partial charge is 0.439 e. The fourth-order valence-electron chi connectivity index (χ4n) is 2.17. The molecule has 0 heterocycles. The summed E-state index contributed by atoms with van der Waals surface area (Å²) in [4.78, 5) is 3.99. The number of allylic oxidation sites excluding steroid dienone is 2. The van der Waals surface area contributed by atoms with Crippen molar-refractivity contribution in [1.29, 1.82) is 0 Å². The zero-order chi connectivity index (χ0) is 13.0. The van der Waals surface area contributed by atoms with E-state index in [1.54, 1.807) is 0 Å². The highest BCUT2D eigenvalue weighted by molar-refractivity contribution is 5.41. The Labute approximate surface area is 108 Å². The average molecular weight is 242 g/mol. The summed E-state index contributed by atoms with van der Waals surface area (Å²) in [5, 5.41) is 0. The van der Waals surface area contributed by atoms with Gasteiger partial charge in [-0.05, 0) is 49.7 Å². The van der Waals surface area contributed by atoms with Gasteiger partial charge in [-0.1, -0.05) is 24.8 Å². The fourth-order valence-corrected chi connectivity index (χ4v) is 2.17. The average Bonchev–Trinajstić information content (AvgIpc) is 2.78. The molecule has 1 aromatic carbocycles. The first-order valence-corrected chi connectivity index (χ1v) is 6.05. The second-order valence-corrected chi connectivity index (χ2v) is 4.47. The molecule has 2 rings (SSSR count). The van der Waals surface area contributed by atoms with Crippen LogP contribution in [0.3, 0.4) is 0 Å². The Morgan fingerprint density at radius 1 is 1.33 bits per heavy atom. The zero-order valence-corrected chi connectivity index (χ0v) is 10.4. The second-order valence-electron chi connectivity index (χ2n) is 4.47. The van der Waals surface area contributed by atoms with E-state index in [-0.39, 0.29) is 0 Å². The van der Waals surface area contributed by atoms with Crippen LogP contribution in [0.5, 0.6) is 5.75 Å². The molecule has 94 valence electrons. The van der Waals surface area contributed by atoms with Crippen molar-refractivity contribution >= 4 is 6.72 Å². The van der Waals surface area contributed by atoms with Gasteiger partial charge in [-0.15, -0.1) is 0 Å². The standard InChI is InChI=1S/C15H18N2O/c1-11-8-12(10-16)9-14(11)15(17-2)18-13-6-4-3-5-7-13/h3-7,12H,1-2,8-10,16H2/b15-14+. The summed E-state index contributed by atoms with van der Waals surface area (Å²) in [5.41, 5.74) is 7.81. The van der Waals surface area contributed by atoms with Gasteiger partial charge >= 0.3 is 0 Å². The van der Waals surface area contributed by atoms with E-state index in [2.05, 4.69) is 18.3 Å². The van der Waals surface area contributed by atoms with Crippen molar-refractivity contribution in [2.75, 3.05) is 6.54 Å². The lowest BCUT2D eigenvalue weighted by Gasteiger charge is -2.09. The Morgan fingerprint density at radius 2 is 2.06 bits per heavy atom. The number of nitrogens with zero attached hydrogens (tertiary/aromatic N) is 1. The molecule has 1 unspecified atom stereocenters. The minimum atomic E-state index is 0.448. The number of para-hydroxylation sites is 1. The quantitative estimate of drug-likeness (QED) is 0.652. The van der Waals surface area contributed by atoms with Crippen LogP contribution in [-0.2, 0) is 0 Å². The zero-order valence-electron chi connectivity index (χ0n) is 10.4. The SMILES string of the molecule is C=N/C(Oc1ccccc1)=C1/CC(CN)CC1=C. The number of hydrogen-bond donors (Lipinski definition) is 1. The molecule has 0 bridgehead atoms. The van der Waals surface area contributed by atoms with Gasteiger partial charge in [0.25, 0.3) is 0 Å². The van der Waals surface area contributed by atoms with Gasteiger partial charge in [-0.3, -0.25) is 0 Å². The number of aliphatic imine (C=N–C) groups is 1. The van der Waals surface area contributed by atoms with Crippen LogP contribution in [0.2, 0.25) is 0 Å². The molecule has 0 amide bonds. The van der Waals surface area contributed by atoms with E-state index < -0.39 is 0 Å². The van der Waals surface area contributed by atoms with Crippen LogP contribution in [0.15, 0.2) is 58.9 Å². The van der Waals surface area contributed by atoms with Gasteiger partial charge in [-0.25, -0.2) is 4.99 Å². The van der Waals surface area contributed by atoms with E-state index >= 15 is 0 Å². The molecule has 0 radical (unpaired) electrons. The molecule has 1 saturated carbocycles. The molecule has 18 heavy (non-hydrogen) atoms. The van der Waals surface area contributed by atoms with Crippen molar-refractivity contribution in [2.24, 2.45) is 16.6 Å². The molecule has 1 atom stereocenters. The summed E-state index contributed by atoms with van der Waals surface area (Å²) >= 11 is 0. The lowest BCUT2D eigenvalue weighted by atomic mass is 10.1. The minimum Gasteiger partial charge on any atom is -0.439 e. The van der Waals surface area contributed by atoms with Crippen molar-refractivity contribution in [3.8, 4) is 5.75 Å². The highest BCUT2D eigenvalue weighted by Gasteiger charge is 2.25. The predicted octanol–water partition coefficient (Wildman–Crippen LogP) is 2.90. The summed E-state index contributed by atoms with van der Waals surface area (Å²) in [5.74, 6) is 1.77. The molecular formula is C15H18N2O. The molecule has 0 spiro atoms. The summed E-state index contributed by atoms with van der Waals surface area (Å²) < 4.78 is 5.76. The highest BCUT2D eigenvalue weighted by Crippen LogP contribution is 2.36. The molecule has 0 saturated heterocycles. The Kier molecular flexibility index (Phi) is 3.95. The first-order chi connectivity index (χ1) is 8.74. The number of benzene rings is 1. The van der Waals surface area contributed by atoms with E-state index in [0.29, 0.717) is 18.3 Å². The summed E-state index contributed by atoms with van der Waals surface area (Å²) in [6.45, 7) is 8.31. The molecule has 1 fully saturated rings. The van der Waals surface area contributed by atoms with Crippen LogP contribution in [0.1, 0.15) is 12.8 Å². The molecule has 0 aromatic heterocycles. The van der Waals surface area contributed by atoms with Gasteiger partial charge in [0, 0.05) is 5.57 Å². The van der Waals surface area contributed by atoms with Crippen molar-refractivity contribution in [3.05, 3.63) is 53.9 Å². The smallest absolute Gasteiger partial charge is 0.222 e. The fraction of sp³-hybridized carbons (Fsp3) is 0.267. The normalized spacial score (nSPS) is 21.8. The Hall–Kier alpha value is -1.87. The second kappa shape index (κ2) is 5.65.